The van der Waals surface area contributed by atoms with Crippen LogP contribution in [0.15, 0.2) is 4.99 Å². The second-order valence-electron chi connectivity index (χ2n) is 6.88. The monoisotopic (exact) mass is 476 g/mol. The molecule has 8 heteroatoms. The first-order valence-electron chi connectivity index (χ1n) is 9.23. The van der Waals surface area contributed by atoms with Gasteiger partial charge in [0.25, 0.3) is 0 Å². The number of amides is 1. The highest BCUT2D eigenvalue weighted by Crippen LogP contribution is 2.19. The molecule has 1 fully saturated rings. The van der Waals surface area contributed by atoms with Gasteiger partial charge in [0.15, 0.2) is 5.96 Å². The second kappa shape index (κ2) is 10.7. The van der Waals surface area contributed by atoms with Gasteiger partial charge in [0.2, 0.25) is 5.91 Å². The number of aryl methyl sites for hydroxylation is 2. The van der Waals surface area contributed by atoms with Gasteiger partial charge >= 0.3 is 0 Å². The van der Waals surface area contributed by atoms with E-state index in [2.05, 4.69) is 36.1 Å². The van der Waals surface area contributed by atoms with E-state index in [0.717, 1.165) is 57.1 Å². The molecule has 0 saturated carbocycles. The Morgan fingerprint density at radius 1 is 1.42 bits per heavy atom. The molecule has 0 bridgehead atoms. The molecule has 148 valence electrons. The first-order valence-corrected chi connectivity index (χ1v) is 9.23. The lowest BCUT2D eigenvalue weighted by atomic mass is 9.95. The zero-order valence-corrected chi connectivity index (χ0v) is 18.7. The van der Waals surface area contributed by atoms with Gasteiger partial charge in [0.1, 0.15) is 0 Å². The average molecular weight is 476 g/mol. The lowest BCUT2D eigenvalue weighted by Gasteiger charge is -2.34. The van der Waals surface area contributed by atoms with Crippen molar-refractivity contribution in [2.45, 2.75) is 46.5 Å². The van der Waals surface area contributed by atoms with E-state index < -0.39 is 0 Å². The number of rotatable bonds is 6. The average Bonchev–Trinajstić information content (AvgIpc) is 2.79. The summed E-state index contributed by atoms with van der Waals surface area (Å²) in [6, 6.07) is 0. The number of guanidine groups is 1. The van der Waals surface area contributed by atoms with Crippen LogP contribution in [0.3, 0.4) is 0 Å². The predicted octanol–water partition coefficient (Wildman–Crippen LogP) is 1.75. The number of carbonyl (C=O) groups is 1. The van der Waals surface area contributed by atoms with Crippen LogP contribution in [-0.2, 0) is 18.3 Å². The normalized spacial score (nSPS) is 17.8. The highest BCUT2D eigenvalue weighted by Gasteiger charge is 2.23. The van der Waals surface area contributed by atoms with E-state index in [9.17, 15) is 4.79 Å². The van der Waals surface area contributed by atoms with Crippen LogP contribution in [0.25, 0.3) is 0 Å². The highest BCUT2D eigenvalue weighted by atomic mass is 127. The SMILES string of the molecule is CCNC(=NCCc1c(C)nn(C)c1C)N1CCCC(CC(N)=O)C1.I. The maximum absolute atomic E-state index is 11.2. The van der Waals surface area contributed by atoms with Gasteiger partial charge in [-0.25, -0.2) is 0 Å². The Morgan fingerprint density at radius 2 is 2.15 bits per heavy atom. The predicted molar refractivity (Wildman–Crippen MR) is 116 cm³/mol. The summed E-state index contributed by atoms with van der Waals surface area (Å²) in [6.45, 7) is 9.62. The van der Waals surface area contributed by atoms with E-state index in [0.29, 0.717) is 12.3 Å². The molecule has 0 aromatic carbocycles. The number of likely N-dealkylation sites (tertiary alicyclic amines) is 1. The molecule has 1 aliphatic rings. The molecule has 1 atom stereocenters. The number of nitrogens with two attached hydrogens (primary N) is 1. The summed E-state index contributed by atoms with van der Waals surface area (Å²) in [4.78, 5) is 18.3. The van der Waals surface area contributed by atoms with Crippen molar-refractivity contribution < 1.29 is 4.79 Å². The van der Waals surface area contributed by atoms with Crippen LogP contribution in [0.4, 0.5) is 0 Å². The fourth-order valence-corrected chi connectivity index (χ4v) is 3.59. The Hall–Kier alpha value is -1.32. The van der Waals surface area contributed by atoms with Crippen molar-refractivity contribution in [1.82, 2.24) is 20.0 Å². The highest BCUT2D eigenvalue weighted by molar-refractivity contribution is 14.0. The van der Waals surface area contributed by atoms with Crippen LogP contribution in [0.2, 0.25) is 0 Å². The molecule has 1 unspecified atom stereocenters. The number of hydrogen-bond acceptors (Lipinski definition) is 3. The van der Waals surface area contributed by atoms with Crippen LogP contribution >= 0.6 is 24.0 Å². The maximum Gasteiger partial charge on any atom is 0.217 e. The van der Waals surface area contributed by atoms with Crippen molar-refractivity contribution in [2.75, 3.05) is 26.2 Å². The van der Waals surface area contributed by atoms with E-state index in [1.165, 1.54) is 11.3 Å². The Labute approximate surface area is 173 Å². The zero-order chi connectivity index (χ0) is 18.4. The van der Waals surface area contributed by atoms with Crippen molar-refractivity contribution in [3.63, 3.8) is 0 Å². The Bertz CT molecular complexity index is 627. The number of carbonyl (C=O) groups excluding carboxylic acids is 1. The number of nitrogens with one attached hydrogen (secondary N) is 1. The van der Waals surface area contributed by atoms with E-state index in [4.69, 9.17) is 10.7 Å². The third-order valence-electron chi connectivity index (χ3n) is 4.93. The topological polar surface area (TPSA) is 88.5 Å². The maximum atomic E-state index is 11.2. The summed E-state index contributed by atoms with van der Waals surface area (Å²) in [5.41, 5.74) is 8.94. The van der Waals surface area contributed by atoms with E-state index in [-0.39, 0.29) is 29.9 Å². The van der Waals surface area contributed by atoms with Crippen LogP contribution < -0.4 is 11.1 Å². The third-order valence-corrected chi connectivity index (χ3v) is 4.93. The standard InChI is InChI=1S/C18H32N6O.HI/c1-5-20-18(24-10-6-7-15(12-24)11-17(19)25)21-9-8-16-13(2)22-23(4)14(16)3;/h15H,5-12H2,1-4H3,(H2,19,25)(H,20,21);1H. The summed E-state index contributed by atoms with van der Waals surface area (Å²) in [7, 11) is 1.98. The van der Waals surface area contributed by atoms with Gasteiger partial charge in [-0.05, 0) is 51.5 Å². The molecule has 1 aromatic rings. The number of halogens is 1. The quantitative estimate of drug-likeness (QED) is 0.372. The van der Waals surface area contributed by atoms with Crippen molar-refractivity contribution in [2.24, 2.45) is 23.7 Å². The summed E-state index contributed by atoms with van der Waals surface area (Å²) in [5, 5.41) is 7.86. The van der Waals surface area contributed by atoms with Crippen molar-refractivity contribution in [3.05, 3.63) is 17.0 Å². The van der Waals surface area contributed by atoms with E-state index >= 15 is 0 Å². The molecule has 26 heavy (non-hydrogen) atoms. The Kier molecular flexibility index (Phi) is 9.38. The van der Waals surface area contributed by atoms with E-state index in [1.807, 2.05) is 11.7 Å². The molecule has 1 saturated heterocycles. The lowest BCUT2D eigenvalue weighted by molar-refractivity contribution is -0.119. The van der Waals surface area contributed by atoms with Gasteiger partial charge in [0.05, 0.1) is 5.69 Å². The Morgan fingerprint density at radius 3 is 2.73 bits per heavy atom. The van der Waals surface area contributed by atoms with Gasteiger partial charge in [-0.3, -0.25) is 14.5 Å². The van der Waals surface area contributed by atoms with Crippen molar-refractivity contribution in [1.29, 1.82) is 0 Å². The number of aromatic nitrogens is 2. The van der Waals surface area contributed by atoms with Crippen molar-refractivity contribution >= 4 is 35.8 Å². The number of hydrogen-bond donors (Lipinski definition) is 2. The number of nitrogens with zero attached hydrogens (tertiary/aromatic N) is 4. The van der Waals surface area contributed by atoms with Gasteiger partial charge < -0.3 is 16.0 Å². The molecule has 0 spiro atoms. The Balaban J connectivity index is 0.00000338. The fourth-order valence-electron chi connectivity index (χ4n) is 3.59. The van der Waals surface area contributed by atoms with E-state index in [1.54, 1.807) is 0 Å². The molecule has 1 amide bonds. The number of piperidine rings is 1. The van der Waals surface area contributed by atoms with Gasteiger partial charge in [-0.1, -0.05) is 0 Å². The summed E-state index contributed by atoms with van der Waals surface area (Å²) in [6.07, 6.45) is 3.49. The minimum Gasteiger partial charge on any atom is -0.370 e. The number of primary amides is 1. The molecular formula is C18H33IN6O. The van der Waals surface area contributed by atoms with Gasteiger partial charge in [0, 0.05) is 45.3 Å². The molecule has 1 aromatic heterocycles. The largest absolute Gasteiger partial charge is 0.370 e. The van der Waals surface area contributed by atoms with Gasteiger partial charge in [-0.15, -0.1) is 24.0 Å². The molecule has 0 radical (unpaired) electrons. The summed E-state index contributed by atoms with van der Waals surface area (Å²) >= 11 is 0. The van der Waals surface area contributed by atoms with Crippen LogP contribution in [0.5, 0.6) is 0 Å². The molecule has 2 heterocycles. The van der Waals surface area contributed by atoms with Crippen LogP contribution in [-0.4, -0.2) is 52.7 Å². The summed E-state index contributed by atoms with van der Waals surface area (Å²) < 4.78 is 1.93. The summed E-state index contributed by atoms with van der Waals surface area (Å²) in [5.74, 6) is 1.06. The minimum absolute atomic E-state index is 0. The fraction of sp³-hybridized carbons (Fsp3) is 0.722. The van der Waals surface area contributed by atoms with Gasteiger partial charge in [-0.2, -0.15) is 5.10 Å². The molecule has 2 rings (SSSR count). The lowest BCUT2D eigenvalue weighted by Crippen LogP contribution is -2.47. The molecule has 7 nitrogen and oxygen atoms in total. The first kappa shape index (κ1) is 22.7. The third kappa shape index (κ3) is 6.14. The van der Waals surface area contributed by atoms with Crippen LogP contribution in [0, 0.1) is 19.8 Å². The van der Waals surface area contributed by atoms with Crippen molar-refractivity contribution in [3.8, 4) is 0 Å². The zero-order valence-electron chi connectivity index (χ0n) is 16.4. The smallest absolute Gasteiger partial charge is 0.217 e. The molecule has 0 aliphatic carbocycles. The van der Waals surface area contributed by atoms with Crippen LogP contribution in [0.1, 0.15) is 43.1 Å². The minimum atomic E-state index is -0.212. The molecule has 1 aliphatic heterocycles. The first-order chi connectivity index (χ1) is 11.9. The second-order valence-corrected chi connectivity index (χ2v) is 6.88. The number of aliphatic imine (C=N–C) groups is 1. The molecular weight excluding hydrogens is 443 g/mol. The molecule has 3 N–H and O–H groups in total.